The van der Waals surface area contributed by atoms with Crippen LogP contribution in [0.5, 0.6) is 5.75 Å². The Hall–Kier alpha value is -2.86. The second kappa shape index (κ2) is 14.0. The van der Waals surface area contributed by atoms with Crippen LogP contribution in [0.2, 0.25) is 10.0 Å². The number of benzene rings is 2. The minimum Gasteiger partial charge on any atom is -0.468 e. The van der Waals surface area contributed by atoms with E-state index in [0.717, 1.165) is 22.1 Å². The Morgan fingerprint density at radius 1 is 1.14 bits per heavy atom. The molecule has 0 aliphatic heterocycles. The average molecular weight is 554 g/mol. The standard InChI is InChI=1S/C23H25Cl2N5O5S/c1-3-19(26-23(32)34-12-11-15-7-9-16(10-8-15)35-14-33-2)20(31)13-30-28-22(27-29-30)36-21-17(24)5-4-6-18(21)25/h4-10,19H,3,11-14H2,1-2H3,(H,26,32). The quantitative estimate of drug-likeness (QED) is 0.306. The number of nitrogens with zero attached hydrogens (tertiary/aromatic N) is 4. The summed E-state index contributed by atoms with van der Waals surface area (Å²) >= 11 is 13.5. The van der Waals surface area contributed by atoms with Crippen molar-refractivity contribution in [3.63, 3.8) is 0 Å². The normalized spacial score (nSPS) is 11.7. The van der Waals surface area contributed by atoms with E-state index in [4.69, 9.17) is 37.4 Å². The van der Waals surface area contributed by atoms with E-state index in [2.05, 4.69) is 20.7 Å². The Labute approximate surface area is 222 Å². The molecule has 0 bridgehead atoms. The van der Waals surface area contributed by atoms with Gasteiger partial charge in [0.1, 0.15) is 12.3 Å². The van der Waals surface area contributed by atoms with Gasteiger partial charge in [-0.2, -0.15) is 4.80 Å². The number of tetrazole rings is 1. The molecule has 1 heterocycles. The number of hydrogen-bond donors (Lipinski definition) is 1. The third-order valence-electron chi connectivity index (χ3n) is 4.82. The number of carbonyl (C=O) groups excluding carboxylic acids is 2. The fourth-order valence-electron chi connectivity index (χ4n) is 2.99. The molecule has 1 N–H and O–H groups in total. The number of carbonyl (C=O) groups is 2. The van der Waals surface area contributed by atoms with E-state index >= 15 is 0 Å². The summed E-state index contributed by atoms with van der Waals surface area (Å²) in [6, 6.07) is 11.8. The van der Waals surface area contributed by atoms with Crippen molar-refractivity contribution in [3.05, 3.63) is 58.1 Å². The highest BCUT2D eigenvalue weighted by Gasteiger charge is 2.21. The number of ether oxygens (including phenoxy) is 3. The number of methoxy groups -OCH3 is 1. The van der Waals surface area contributed by atoms with E-state index in [1.54, 1.807) is 32.2 Å². The van der Waals surface area contributed by atoms with Gasteiger partial charge in [-0.3, -0.25) is 4.79 Å². The molecule has 1 unspecified atom stereocenters. The molecule has 0 aliphatic rings. The van der Waals surface area contributed by atoms with Gasteiger partial charge in [0, 0.05) is 13.5 Å². The molecule has 192 valence electrons. The van der Waals surface area contributed by atoms with Crippen LogP contribution in [0.15, 0.2) is 52.5 Å². The van der Waals surface area contributed by atoms with Crippen LogP contribution in [-0.4, -0.2) is 58.6 Å². The first kappa shape index (κ1) is 27.7. The van der Waals surface area contributed by atoms with Gasteiger partial charge in [-0.25, -0.2) is 4.79 Å². The molecular weight excluding hydrogens is 529 g/mol. The molecule has 1 amide bonds. The van der Waals surface area contributed by atoms with Gasteiger partial charge < -0.3 is 19.5 Å². The largest absolute Gasteiger partial charge is 0.468 e. The maximum atomic E-state index is 12.7. The SMILES string of the molecule is CCC(NC(=O)OCCc1ccc(OCOC)cc1)C(=O)Cn1nnc(Sc2c(Cl)cccc2Cl)n1. The lowest BCUT2D eigenvalue weighted by Crippen LogP contribution is -2.42. The first-order valence-electron chi connectivity index (χ1n) is 11.0. The number of halogens is 2. The zero-order valence-corrected chi connectivity index (χ0v) is 22.0. The van der Waals surface area contributed by atoms with Gasteiger partial charge in [-0.1, -0.05) is 48.3 Å². The fourth-order valence-corrected chi connectivity index (χ4v) is 4.35. The predicted molar refractivity (Wildman–Crippen MR) is 135 cm³/mol. The first-order valence-corrected chi connectivity index (χ1v) is 12.5. The highest BCUT2D eigenvalue weighted by molar-refractivity contribution is 7.99. The summed E-state index contributed by atoms with van der Waals surface area (Å²) in [5.41, 5.74) is 0.972. The minimum absolute atomic E-state index is 0.157. The van der Waals surface area contributed by atoms with Crippen molar-refractivity contribution < 1.29 is 23.8 Å². The highest BCUT2D eigenvalue weighted by Crippen LogP contribution is 2.36. The first-order chi connectivity index (χ1) is 17.4. The summed E-state index contributed by atoms with van der Waals surface area (Å²) in [4.78, 5) is 26.6. The second-order valence-corrected chi connectivity index (χ2v) is 9.20. The van der Waals surface area contributed by atoms with E-state index in [-0.39, 0.29) is 30.9 Å². The van der Waals surface area contributed by atoms with Crippen LogP contribution >= 0.6 is 35.0 Å². The third kappa shape index (κ3) is 8.37. The van der Waals surface area contributed by atoms with Crippen molar-refractivity contribution in [1.82, 2.24) is 25.5 Å². The maximum Gasteiger partial charge on any atom is 0.407 e. The molecular formula is C23H25Cl2N5O5S. The molecule has 0 saturated carbocycles. The summed E-state index contributed by atoms with van der Waals surface area (Å²) in [5.74, 6) is 0.398. The summed E-state index contributed by atoms with van der Waals surface area (Å²) in [6.07, 6.45) is 0.218. The topological polar surface area (TPSA) is 117 Å². The van der Waals surface area contributed by atoms with Gasteiger partial charge in [0.2, 0.25) is 5.16 Å². The molecule has 0 fully saturated rings. The zero-order valence-electron chi connectivity index (χ0n) is 19.6. The molecule has 10 nitrogen and oxygen atoms in total. The van der Waals surface area contributed by atoms with Crippen molar-refractivity contribution in [3.8, 4) is 5.75 Å². The van der Waals surface area contributed by atoms with Crippen molar-refractivity contribution in [1.29, 1.82) is 0 Å². The maximum absolute atomic E-state index is 12.7. The van der Waals surface area contributed by atoms with Crippen LogP contribution in [0.3, 0.4) is 0 Å². The smallest absolute Gasteiger partial charge is 0.407 e. The van der Waals surface area contributed by atoms with Gasteiger partial charge in [0.25, 0.3) is 0 Å². The number of rotatable bonds is 13. The number of amides is 1. The number of Topliss-reactive ketones (excluding diaryl/α,β-unsaturated/α-hetero) is 1. The zero-order chi connectivity index (χ0) is 25.9. The van der Waals surface area contributed by atoms with Gasteiger partial charge in [0.15, 0.2) is 12.6 Å². The number of ketones is 1. The molecule has 36 heavy (non-hydrogen) atoms. The lowest BCUT2D eigenvalue weighted by Gasteiger charge is -2.15. The Kier molecular flexibility index (Phi) is 10.8. The number of nitrogens with one attached hydrogen (secondary N) is 1. The van der Waals surface area contributed by atoms with Crippen LogP contribution in [0.25, 0.3) is 0 Å². The van der Waals surface area contributed by atoms with Crippen molar-refractivity contribution in [2.24, 2.45) is 0 Å². The Bertz CT molecular complexity index is 1140. The van der Waals surface area contributed by atoms with E-state index in [1.807, 2.05) is 24.3 Å². The van der Waals surface area contributed by atoms with Crippen LogP contribution in [0.4, 0.5) is 4.79 Å². The number of hydrogen-bond acceptors (Lipinski definition) is 9. The molecule has 0 saturated heterocycles. The lowest BCUT2D eigenvalue weighted by molar-refractivity contribution is -0.122. The average Bonchev–Trinajstić information content (AvgIpc) is 3.31. The van der Waals surface area contributed by atoms with E-state index < -0.39 is 12.1 Å². The predicted octanol–water partition coefficient (Wildman–Crippen LogP) is 4.43. The van der Waals surface area contributed by atoms with Gasteiger partial charge in [-0.15, -0.1) is 10.2 Å². The minimum atomic E-state index is -0.755. The lowest BCUT2D eigenvalue weighted by atomic mass is 10.1. The van der Waals surface area contributed by atoms with Gasteiger partial charge in [0.05, 0.1) is 27.6 Å². The number of aromatic nitrogens is 4. The molecule has 13 heteroatoms. The Morgan fingerprint density at radius 3 is 2.53 bits per heavy atom. The van der Waals surface area contributed by atoms with Crippen LogP contribution in [0.1, 0.15) is 18.9 Å². The molecule has 3 rings (SSSR count). The monoisotopic (exact) mass is 553 g/mol. The molecule has 0 radical (unpaired) electrons. The molecule has 0 aliphatic carbocycles. The van der Waals surface area contributed by atoms with Gasteiger partial charge >= 0.3 is 6.09 Å². The summed E-state index contributed by atoms with van der Waals surface area (Å²) in [7, 11) is 1.55. The molecule has 1 atom stereocenters. The van der Waals surface area contributed by atoms with Crippen LogP contribution < -0.4 is 10.1 Å². The van der Waals surface area contributed by atoms with Gasteiger partial charge in [-0.05, 0) is 53.2 Å². The highest BCUT2D eigenvalue weighted by atomic mass is 35.5. The van der Waals surface area contributed by atoms with E-state index in [0.29, 0.717) is 33.5 Å². The number of alkyl carbamates (subject to hydrolysis) is 1. The Morgan fingerprint density at radius 2 is 1.86 bits per heavy atom. The summed E-state index contributed by atoms with van der Waals surface area (Å²) in [5, 5.41) is 15.8. The Balaban J connectivity index is 1.45. The van der Waals surface area contributed by atoms with Crippen LogP contribution in [-0.2, 0) is 27.2 Å². The third-order valence-corrected chi connectivity index (χ3v) is 6.67. The molecule has 0 spiro atoms. The van der Waals surface area contributed by atoms with Crippen molar-refractivity contribution >= 4 is 46.8 Å². The second-order valence-electron chi connectivity index (χ2n) is 7.41. The van der Waals surface area contributed by atoms with E-state index in [9.17, 15) is 9.59 Å². The van der Waals surface area contributed by atoms with Crippen molar-refractivity contribution in [2.75, 3.05) is 20.5 Å². The summed E-state index contributed by atoms with van der Waals surface area (Å²) in [6.45, 7) is 1.95. The molecule has 1 aromatic heterocycles. The van der Waals surface area contributed by atoms with E-state index in [1.165, 1.54) is 0 Å². The summed E-state index contributed by atoms with van der Waals surface area (Å²) < 4.78 is 15.4. The fraction of sp³-hybridized carbons (Fsp3) is 0.348. The van der Waals surface area contributed by atoms with Crippen molar-refractivity contribution in [2.45, 2.75) is 42.4 Å². The van der Waals surface area contributed by atoms with Crippen LogP contribution in [0, 0.1) is 0 Å². The molecule has 2 aromatic carbocycles. The molecule has 3 aromatic rings.